The highest BCUT2D eigenvalue weighted by molar-refractivity contribution is 7.99. The normalized spacial score (nSPS) is 16.2. The van der Waals surface area contributed by atoms with Crippen LogP contribution in [0.1, 0.15) is 12.5 Å². The monoisotopic (exact) mass is 368 g/mol. The highest BCUT2D eigenvalue weighted by atomic mass is 35.5. The third-order valence-corrected chi connectivity index (χ3v) is 4.86. The van der Waals surface area contributed by atoms with Gasteiger partial charge in [-0.3, -0.25) is 4.79 Å². The lowest BCUT2D eigenvalue weighted by atomic mass is 9.88. The molecule has 0 saturated carbocycles. The van der Waals surface area contributed by atoms with E-state index in [0.717, 1.165) is 18.7 Å². The first-order chi connectivity index (χ1) is 10.3. The molecule has 1 unspecified atom stereocenters. The average molecular weight is 369 g/mol. The van der Waals surface area contributed by atoms with Crippen LogP contribution in [0.25, 0.3) is 0 Å². The number of aryl methyl sites for hydroxylation is 1. The van der Waals surface area contributed by atoms with Gasteiger partial charge in [-0.05, 0) is 43.6 Å². The number of hydrogen-bond acceptors (Lipinski definition) is 3. The summed E-state index contributed by atoms with van der Waals surface area (Å²) in [6, 6.07) is 5.08. The van der Waals surface area contributed by atoms with E-state index in [2.05, 4.69) is 10.6 Å². The number of nitrogens with one attached hydrogen (secondary N) is 2. The van der Waals surface area contributed by atoms with E-state index < -0.39 is 11.9 Å². The van der Waals surface area contributed by atoms with Gasteiger partial charge in [-0.15, -0.1) is 24.2 Å². The minimum absolute atomic E-state index is 0. The van der Waals surface area contributed by atoms with E-state index in [1.165, 1.54) is 0 Å². The lowest BCUT2D eigenvalue weighted by molar-refractivity contribution is -0.121. The second kappa shape index (κ2) is 8.26. The summed E-state index contributed by atoms with van der Waals surface area (Å²) in [6.07, 6.45) is -4.23. The molecule has 1 aromatic carbocycles. The molecule has 23 heavy (non-hydrogen) atoms. The highest BCUT2D eigenvalue weighted by Crippen LogP contribution is 2.33. The van der Waals surface area contributed by atoms with Crippen LogP contribution in [-0.2, 0) is 4.79 Å². The summed E-state index contributed by atoms with van der Waals surface area (Å²) in [5.74, 6) is -0.995. The number of rotatable bonds is 5. The molecule has 3 nitrogen and oxygen atoms in total. The van der Waals surface area contributed by atoms with Gasteiger partial charge < -0.3 is 10.6 Å². The van der Waals surface area contributed by atoms with Gasteiger partial charge >= 0.3 is 6.18 Å². The molecule has 0 radical (unpaired) electrons. The first-order valence-corrected chi connectivity index (χ1v) is 8.06. The van der Waals surface area contributed by atoms with Crippen molar-refractivity contribution in [1.29, 1.82) is 0 Å². The SMILES string of the molecule is Cc1ccc(SCC(F)(F)F)c(NC(=O)C(C)C2CNC2)c1.Cl. The van der Waals surface area contributed by atoms with Crippen molar-refractivity contribution in [2.75, 3.05) is 24.2 Å². The van der Waals surface area contributed by atoms with Crippen molar-refractivity contribution in [3.63, 3.8) is 0 Å². The molecule has 130 valence electrons. The Morgan fingerprint density at radius 2 is 2.09 bits per heavy atom. The number of carbonyl (C=O) groups excluding carboxylic acids is 1. The highest BCUT2D eigenvalue weighted by Gasteiger charge is 2.30. The summed E-state index contributed by atoms with van der Waals surface area (Å²) in [5.41, 5.74) is 1.35. The Morgan fingerprint density at radius 1 is 1.43 bits per heavy atom. The fraction of sp³-hybridized carbons (Fsp3) is 0.533. The Balaban J connectivity index is 0.00000264. The molecule has 1 heterocycles. The molecule has 0 bridgehead atoms. The van der Waals surface area contributed by atoms with Crippen LogP contribution in [0.15, 0.2) is 23.1 Å². The van der Waals surface area contributed by atoms with E-state index in [1.807, 2.05) is 13.8 Å². The molecular weight excluding hydrogens is 349 g/mol. The van der Waals surface area contributed by atoms with Crippen LogP contribution in [0.3, 0.4) is 0 Å². The van der Waals surface area contributed by atoms with Crippen molar-refractivity contribution in [3.05, 3.63) is 23.8 Å². The van der Waals surface area contributed by atoms with Crippen molar-refractivity contribution in [3.8, 4) is 0 Å². The Labute approximate surface area is 144 Å². The Bertz CT molecular complexity index is 550. The minimum atomic E-state index is -4.23. The van der Waals surface area contributed by atoms with E-state index in [0.29, 0.717) is 22.3 Å². The van der Waals surface area contributed by atoms with Crippen LogP contribution in [0.5, 0.6) is 0 Å². The fourth-order valence-electron chi connectivity index (χ4n) is 2.15. The summed E-state index contributed by atoms with van der Waals surface area (Å²) >= 11 is 0.692. The summed E-state index contributed by atoms with van der Waals surface area (Å²) in [5, 5.41) is 5.89. The van der Waals surface area contributed by atoms with Crippen LogP contribution < -0.4 is 10.6 Å². The van der Waals surface area contributed by atoms with Crippen LogP contribution in [0, 0.1) is 18.8 Å². The molecule has 0 spiro atoms. The van der Waals surface area contributed by atoms with E-state index in [4.69, 9.17) is 0 Å². The zero-order chi connectivity index (χ0) is 16.3. The van der Waals surface area contributed by atoms with Crippen molar-refractivity contribution in [2.24, 2.45) is 11.8 Å². The Kier molecular flexibility index (Phi) is 7.23. The van der Waals surface area contributed by atoms with Crippen LogP contribution in [-0.4, -0.2) is 30.9 Å². The number of thioether (sulfide) groups is 1. The largest absolute Gasteiger partial charge is 0.398 e. The summed E-state index contributed by atoms with van der Waals surface area (Å²) in [4.78, 5) is 12.7. The van der Waals surface area contributed by atoms with Gasteiger partial charge in [-0.2, -0.15) is 13.2 Å². The molecular formula is C15H20ClF3N2OS. The average Bonchev–Trinajstić information content (AvgIpc) is 2.34. The van der Waals surface area contributed by atoms with Crippen molar-refractivity contribution < 1.29 is 18.0 Å². The molecule has 1 aromatic rings. The molecule has 1 amide bonds. The predicted octanol–water partition coefficient (Wildman–Crippen LogP) is 3.87. The maximum atomic E-state index is 12.4. The first-order valence-electron chi connectivity index (χ1n) is 7.08. The second-order valence-corrected chi connectivity index (χ2v) is 6.62. The van der Waals surface area contributed by atoms with Crippen LogP contribution >= 0.6 is 24.2 Å². The number of amides is 1. The summed E-state index contributed by atoms with van der Waals surface area (Å²) in [7, 11) is 0. The third-order valence-electron chi connectivity index (χ3n) is 3.72. The lowest BCUT2D eigenvalue weighted by Crippen LogP contribution is -2.48. The summed E-state index contributed by atoms with van der Waals surface area (Å²) < 4.78 is 37.2. The van der Waals surface area contributed by atoms with E-state index in [9.17, 15) is 18.0 Å². The van der Waals surface area contributed by atoms with E-state index in [-0.39, 0.29) is 30.2 Å². The van der Waals surface area contributed by atoms with Gasteiger partial charge in [0.1, 0.15) is 0 Å². The Morgan fingerprint density at radius 3 is 2.61 bits per heavy atom. The zero-order valence-corrected chi connectivity index (χ0v) is 14.5. The molecule has 1 fully saturated rings. The molecule has 2 rings (SSSR count). The molecule has 2 N–H and O–H groups in total. The van der Waals surface area contributed by atoms with Crippen molar-refractivity contribution in [2.45, 2.75) is 24.9 Å². The molecule has 0 aliphatic carbocycles. The number of halogens is 4. The standard InChI is InChI=1S/C15H19F3N2OS.ClH/c1-9-3-4-13(22-8-15(16,17)18)12(5-9)20-14(21)10(2)11-6-19-7-11;/h3-5,10-11,19H,6-8H2,1-2H3,(H,20,21);1H. The van der Waals surface area contributed by atoms with Gasteiger partial charge in [0.25, 0.3) is 0 Å². The molecule has 0 aromatic heterocycles. The van der Waals surface area contributed by atoms with Crippen molar-refractivity contribution in [1.82, 2.24) is 5.32 Å². The smallest absolute Gasteiger partial charge is 0.325 e. The number of benzene rings is 1. The van der Waals surface area contributed by atoms with Gasteiger partial charge in [0.15, 0.2) is 0 Å². The number of anilines is 1. The molecule has 1 saturated heterocycles. The lowest BCUT2D eigenvalue weighted by Gasteiger charge is -2.31. The van der Waals surface area contributed by atoms with Gasteiger partial charge in [0, 0.05) is 10.8 Å². The maximum Gasteiger partial charge on any atom is 0.398 e. The van der Waals surface area contributed by atoms with E-state index >= 15 is 0 Å². The van der Waals surface area contributed by atoms with Crippen LogP contribution in [0.4, 0.5) is 18.9 Å². The number of alkyl halides is 3. The quantitative estimate of drug-likeness (QED) is 0.775. The molecule has 1 aliphatic heterocycles. The third kappa shape index (κ3) is 5.90. The van der Waals surface area contributed by atoms with Gasteiger partial charge in [0.05, 0.1) is 11.4 Å². The van der Waals surface area contributed by atoms with E-state index in [1.54, 1.807) is 18.2 Å². The number of hydrogen-bond donors (Lipinski definition) is 2. The topological polar surface area (TPSA) is 41.1 Å². The zero-order valence-electron chi connectivity index (χ0n) is 12.9. The predicted molar refractivity (Wildman–Crippen MR) is 89.4 cm³/mol. The van der Waals surface area contributed by atoms with Gasteiger partial charge in [0.2, 0.25) is 5.91 Å². The molecule has 1 aliphatic rings. The second-order valence-electron chi connectivity index (χ2n) is 5.60. The minimum Gasteiger partial charge on any atom is -0.325 e. The maximum absolute atomic E-state index is 12.4. The van der Waals surface area contributed by atoms with Crippen molar-refractivity contribution >= 4 is 35.8 Å². The molecule has 1 atom stereocenters. The van der Waals surface area contributed by atoms with Crippen LogP contribution in [0.2, 0.25) is 0 Å². The number of carbonyl (C=O) groups is 1. The first kappa shape index (κ1) is 20.1. The van der Waals surface area contributed by atoms with Gasteiger partial charge in [-0.1, -0.05) is 13.0 Å². The molecule has 8 heteroatoms. The summed E-state index contributed by atoms with van der Waals surface area (Å²) in [6.45, 7) is 5.29. The van der Waals surface area contributed by atoms with Gasteiger partial charge in [-0.25, -0.2) is 0 Å². The Hall–Kier alpha value is -0.920. The fourth-order valence-corrected chi connectivity index (χ4v) is 2.90.